The van der Waals surface area contributed by atoms with Crippen LogP contribution >= 0.6 is 0 Å². The van der Waals surface area contributed by atoms with Crippen LogP contribution in [-0.4, -0.2) is 44.1 Å². The van der Waals surface area contributed by atoms with E-state index >= 15 is 0 Å². The number of aliphatic imine (C=N–C) groups is 1. The van der Waals surface area contributed by atoms with Gasteiger partial charge in [-0.3, -0.25) is 4.99 Å². The molecule has 0 N–H and O–H groups in total. The molecule has 2 heterocycles. The number of rotatable bonds is 8. The molecule has 0 aliphatic carbocycles. The number of nitrogens with zero attached hydrogens (tertiary/aromatic N) is 3. The Balaban J connectivity index is 1.73. The SMILES string of the molecule is C/C=C(\C)CCOc1cc(N2CCOCC2)cc(CN=Cc2cccc(C)c2)n1. The molecule has 1 saturated heterocycles. The highest BCUT2D eigenvalue weighted by atomic mass is 16.5. The van der Waals surface area contributed by atoms with Crippen molar-refractivity contribution < 1.29 is 9.47 Å². The van der Waals surface area contributed by atoms with Crippen LogP contribution in [-0.2, 0) is 11.3 Å². The van der Waals surface area contributed by atoms with E-state index in [1.165, 1.54) is 11.1 Å². The molecule has 1 aromatic heterocycles. The summed E-state index contributed by atoms with van der Waals surface area (Å²) in [7, 11) is 0. The number of allylic oxidation sites excluding steroid dienone is 1. The Morgan fingerprint density at radius 2 is 2.07 bits per heavy atom. The van der Waals surface area contributed by atoms with Gasteiger partial charge < -0.3 is 14.4 Å². The van der Waals surface area contributed by atoms with Crippen molar-refractivity contribution in [3.8, 4) is 5.88 Å². The molecule has 3 rings (SSSR count). The van der Waals surface area contributed by atoms with Crippen molar-refractivity contribution in [1.82, 2.24) is 4.98 Å². The van der Waals surface area contributed by atoms with E-state index in [1.54, 1.807) is 0 Å². The number of aromatic nitrogens is 1. The van der Waals surface area contributed by atoms with Gasteiger partial charge in [0.05, 0.1) is 32.1 Å². The third kappa shape index (κ3) is 6.71. The van der Waals surface area contributed by atoms with Crippen LogP contribution in [0.1, 0.15) is 37.1 Å². The zero-order valence-electron chi connectivity index (χ0n) is 17.7. The number of aryl methyl sites for hydroxylation is 1. The van der Waals surface area contributed by atoms with Gasteiger partial charge in [0.2, 0.25) is 5.88 Å². The first kappa shape index (κ1) is 21.1. The van der Waals surface area contributed by atoms with E-state index in [1.807, 2.05) is 18.3 Å². The van der Waals surface area contributed by atoms with Gasteiger partial charge in [0.15, 0.2) is 0 Å². The predicted octanol–water partition coefficient (Wildman–Crippen LogP) is 4.58. The van der Waals surface area contributed by atoms with E-state index in [0.29, 0.717) is 19.0 Å². The Hall–Kier alpha value is -2.66. The highest BCUT2D eigenvalue weighted by Crippen LogP contribution is 2.23. The lowest BCUT2D eigenvalue weighted by Crippen LogP contribution is -2.36. The van der Waals surface area contributed by atoms with Crippen molar-refractivity contribution in [2.24, 2.45) is 4.99 Å². The summed E-state index contributed by atoms with van der Waals surface area (Å²) >= 11 is 0. The molecular formula is C24H31N3O2. The first-order chi connectivity index (χ1) is 14.1. The monoisotopic (exact) mass is 393 g/mol. The minimum Gasteiger partial charge on any atom is -0.477 e. The molecule has 5 nitrogen and oxygen atoms in total. The van der Waals surface area contributed by atoms with E-state index < -0.39 is 0 Å². The zero-order chi connectivity index (χ0) is 20.5. The van der Waals surface area contributed by atoms with Crippen LogP contribution in [0, 0.1) is 6.92 Å². The summed E-state index contributed by atoms with van der Waals surface area (Å²) in [4.78, 5) is 11.6. The van der Waals surface area contributed by atoms with Gasteiger partial charge in [-0.15, -0.1) is 0 Å². The summed E-state index contributed by atoms with van der Waals surface area (Å²) in [5, 5.41) is 0. The second kappa shape index (κ2) is 10.8. The lowest BCUT2D eigenvalue weighted by Gasteiger charge is -2.29. The molecular weight excluding hydrogens is 362 g/mol. The van der Waals surface area contributed by atoms with Gasteiger partial charge in [-0.2, -0.15) is 0 Å². The van der Waals surface area contributed by atoms with Gasteiger partial charge in [-0.1, -0.05) is 41.5 Å². The second-order valence-corrected chi connectivity index (χ2v) is 7.37. The van der Waals surface area contributed by atoms with Crippen molar-refractivity contribution in [3.05, 3.63) is 64.9 Å². The van der Waals surface area contributed by atoms with Gasteiger partial charge >= 0.3 is 0 Å². The third-order valence-electron chi connectivity index (χ3n) is 4.99. The van der Waals surface area contributed by atoms with E-state index in [9.17, 15) is 0 Å². The average molecular weight is 394 g/mol. The fourth-order valence-corrected chi connectivity index (χ4v) is 3.16. The van der Waals surface area contributed by atoms with Crippen molar-refractivity contribution >= 4 is 11.9 Å². The van der Waals surface area contributed by atoms with Gasteiger partial charge in [-0.25, -0.2) is 4.98 Å². The van der Waals surface area contributed by atoms with Crippen molar-refractivity contribution in [2.45, 2.75) is 33.7 Å². The molecule has 0 spiro atoms. The number of pyridine rings is 1. The summed E-state index contributed by atoms with van der Waals surface area (Å²) in [6, 6.07) is 12.5. The number of anilines is 1. The molecule has 0 amide bonds. The zero-order valence-corrected chi connectivity index (χ0v) is 17.7. The maximum Gasteiger partial charge on any atom is 0.215 e. The topological polar surface area (TPSA) is 47.0 Å². The van der Waals surface area contributed by atoms with Crippen LogP contribution in [0.25, 0.3) is 0 Å². The quantitative estimate of drug-likeness (QED) is 0.486. The minimum absolute atomic E-state index is 0.524. The van der Waals surface area contributed by atoms with Gasteiger partial charge in [-0.05, 0) is 32.4 Å². The summed E-state index contributed by atoms with van der Waals surface area (Å²) in [6.45, 7) is 10.7. The van der Waals surface area contributed by atoms with Crippen LogP contribution in [0.4, 0.5) is 5.69 Å². The first-order valence-corrected chi connectivity index (χ1v) is 10.3. The Bertz CT molecular complexity index is 855. The fourth-order valence-electron chi connectivity index (χ4n) is 3.16. The van der Waals surface area contributed by atoms with Gasteiger partial charge in [0.1, 0.15) is 0 Å². The van der Waals surface area contributed by atoms with Crippen LogP contribution in [0.2, 0.25) is 0 Å². The Kier molecular flexibility index (Phi) is 7.82. The molecule has 0 unspecified atom stereocenters. The molecule has 1 aromatic carbocycles. The predicted molar refractivity (Wildman–Crippen MR) is 119 cm³/mol. The lowest BCUT2D eigenvalue weighted by atomic mass is 10.1. The summed E-state index contributed by atoms with van der Waals surface area (Å²) in [5.41, 5.74) is 5.69. The standard InChI is InChI=1S/C24H31N3O2/c1-4-19(2)8-11-29-24-16-23(27-9-12-28-13-10-27)15-22(26-24)18-25-17-21-7-5-6-20(3)14-21/h4-7,14-17H,8-13,18H2,1-3H3/b19-4+,25-17?. The number of ether oxygens (including phenoxy) is 2. The molecule has 1 aliphatic rings. The van der Waals surface area contributed by atoms with Crippen LogP contribution < -0.4 is 9.64 Å². The average Bonchev–Trinajstić information content (AvgIpc) is 2.74. The van der Waals surface area contributed by atoms with E-state index in [0.717, 1.165) is 49.7 Å². The summed E-state index contributed by atoms with van der Waals surface area (Å²) in [5.74, 6) is 0.665. The maximum atomic E-state index is 5.97. The highest BCUT2D eigenvalue weighted by Gasteiger charge is 2.14. The van der Waals surface area contributed by atoms with Crippen molar-refractivity contribution in [2.75, 3.05) is 37.8 Å². The number of benzene rings is 1. The normalized spacial score (nSPS) is 15.1. The number of hydrogen-bond acceptors (Lipinski definition) is 5. The van der Waals surface area contributed by atoms with Crippen LogP contribution in [0.3, 0.4) is 0 Å². The van der Waals surface area contributed by atoms with Gasteiger partial charge in [0, 0.05) is 37.5 Å². The maximum absolute atomic E-state index is 5.97. The Morgan fingerprint density at radius 3 is 2.83 bits per heavy atom. The lowest BCUT2D eigenvalue weighted by molar-refractivity contribution is 0.122. The van der Waals surface area contributed by atoms with Crippen LogP contribution in [0.15, 0.2) is 53.0 Å². The molecule has 1 fully saturated rings. The van der Waals surface area contributed by atoms with Gasteiger partial charge in [0.25, 0.3) is 0 Å². The Morgan fingerprint density at radius 1 is 1.24 bits per heavy atom. The molecule has 0 radical (unpaired) electrons. The molecule has 2 aromatic rings. The molecule has 0 saturated carbocycles. The van der Waals surface area contributed by atoms with E-state index in [-0.39, 0.29) is 0 Å². The largest absolute Gasteiger partial charge is 0.477 e. The number of morpholine rings is 1. The smallest absolute Gasteiger partial charge is 0.215 e. The van der Waals surface area contributed by atoms with Crippen molar-refractivity contribution in [1.29, 1.82) is 0 Å². The highest BCUT2D eigenvalue weighted by molar-refractivity contribution is 5.79. The summed E-state index contributed by atoms with van der Waals surface area (Å²) in [6.07, 6.45) is 4.93. The molecule has 0 atom stereocenters. The number of hydrogen-bond donors (Lipinski definition) is 0. The molecule has 29 heavy (non-hydrogen) atoms. The molecule has 5 heteroatoms. The third-order valence-corrected chi connectivity index (χ3v) is 4.99. The molecule has 154 valence electrons. The first-order valence-electron chi connectivity index (χ1n) is 10.3. The minimum atomic E-state index is 0.524. The molecule has 0 bridgehead atoms. The van der Waals surface area contributed by atoms with E-state index in [4.69, 9.17) is 9.47 Å². The summed E-state index contributed by atoms with van der Waals surface area (Å²) < 4.78 is 11.5. The Labute approximate surface area is 174 Å². The van der Waals surface area contributed by atoms with Crippen molar-refractivity contribution in [3.63, 3.8) is 0 Å². The van der Waals surface area contributed by atoms with E-state index in [2.05, 4.69) is 66.0 Å². The van der Waals surface area contributed by atoms with Crippen LogP contribution in [0.5, 0.6) is 5.88 Å². The second-order valence-electron chi connectivity index (χ2n) is 7.37. The fraction of sp³-hybridized carbons (Fsp3) is 0.417. The molecule has 1 aliphatic heterocycles.